The first-order valence-corrected chi connectivity index (χ1v) is 12.7. The molecule has 3 atom stereocenters. The van der Waals surface area contributed by atoms with E-state index in [2.05, 4.69) is 26.8 Å². The molecule has 3 aromatic rings. The van der Waals surface area contributed by atoms with Crippen LogP contribution in [0.25, 0.3) is 10.8 Å². The third-order valence-corrected chi connectivity index (χ3v) is 7.28. The third-order valence-electron chi connectivity index (χ3n) is 7.28. The summed E-state index contributed by atoms with van der Waals surface area (Å²) in [7, 11) is 3.33. The number of rotatable bonds is 7. The first-order valence-electron chi connectivity index (χ1n) is 12.7. The fraction of sp³-hybridized carbons (Fsp3) is 0.321. The summed E-state index contributed by atoms with van der Waals surface area (Å²) in [5.74, 6) is 0.290. The summed E-state index contributed by atoms with van der Waals surface area (Å²) in [4.78, 5) is 40.0. The second-order valence-corrected chi connectivity index (χ2v) is 9.57. The van der Waals surface area contributed by atoms with Gasteiger partial charge in [0.15, 0.2) is 0 Å². The molecule has 0 saturated carbocycles. The monoisotopic (exact) mass is 516 g/mol. The van der Waals surface area contributed by atoms with E-state index in [1.54, 1.807) is 26.0 Å². The van der Waals surface area contributed by atoms with E-state index in [4.69, 9.17) is 4.74 Å². The average molecular weight is 517 g/mol. The van der Waals surface area contributed by atoms with Crippen LogP contribution in [0.4, 0.5) is 10.5 Å². The minimum atomic E-state index is -0.650. The molecule has 1 fully saturated rings. The molecule has 10 heteroatoms. The van der Waals surface area contributed by atoms with Crippen molar-refractivity contribution in [3.63, 3.8) is 0 Å². The minimum absolute atomic E-state index is 0.161. The molecule has 2 aliphatic rings. The lowest BCUT2D eigenvalue weighted by Crippen LogP contribution is -2.52. The predicted molar refractivity (Wildman–Crippen MR) is 144 cm³/mol. The molecule has 2 aliphatic heterocycles. The summed E-state index contributed by atoms with van der Waals surface area (Å²) in [5.41, 5.74) is 9.10. The van der Waals surface area contributed by atoms with Crippen molar-refractivity contribution in [1.82, 2.24) is 26.8 Å². The van der Waals surface area contributed by atoms with Crippen molar-refractivity contribution in [3.8, 4) is 5.75 Å². The van der Waals surface area contributed by atoms with Crippen LogP contribution in [0.2, 0.25) is 0 Å². The Kier molecular flexibility index (Phi) is 7.17. The Bertz CT molecular complexity index is 1390. The summed E-state index contributed by atoms with van der Waals surface area (Å²) in [6.07, 6.45) is 0.834. The van der Waals surface area contributed by atoms with Gasteiger partial charge in [-0.3, -0.25) is 15.0 Å². The first kappa shape index (κ1) is 25.5. The Hall–Kier alpha value is -4.15. The maximum atomic E-state index is 13.9. The van der Waals surface area contributed by atoms with Gasteiger partial charge in [-0.1, -0.05) is 36.4 Å². The highest BCUT2D eigenvalue weighted by Gasteiger charge is 2.33. The Balaban J connectivity index is 1.53. The Morgan fingerprint density at radius 3 is 2.71 bits per heavy atom. The molecule has 4 amide bonds. The molecule has 0 bridgehead atoms. The van der Waals surface area contributed by atoms with Gasteiger partial charge in [-0.05, 0) is 66.9 Å². The number of benzene rings is 3. The van der Waals surface area contributed by atoms with E-state index in [1.165, 1.54) is 0 Å². The van der Waals surface area contributed by atoms with Gasteiger partial charge in [-0.2, -0.15) is 0 Å². The summed E-state index contributed by atoms with van der Waals surface area (Å²) in [6.45, 7) is 2.03. The number of aryl methyl sites for hydroxylation is 1. The van der Waals surface area contributed by atoms with E-state index >= 15 is 0 Å². The van der Waals surface area contributed by atoms with Crippen LogP contribution < -0.4 is 36.4 Å². The number of likely N-dealkylation sites (N-methyl/N-ethyl adjacent to an activating group) is 1. The molecule has 10 nitrogen and oxygen atoms in total. The van der Waals surface area contributed by atoms with Gasteiger partial charge in [0.25, 0.3) is 0 Å². The van der Waals surface area contributed by atoms with E-state index in [0.29, 0.717) is 18.6 Å². The van der Waals surface area contributed by atoms with Crippen molar-refractivity contribution in [2.75, 3.05) is 19.1 Å². The van der Waals surface area contributed by atoms with Crippen LogP contribution in [0.3, 0.4) is 0 Å². The number of urea groups is 1. The van der Waals surface area contributed by atoms with Crippen molar-refractivity contribution in [2.45, 2.75) is 44.6 Å². The number of ether oxygens (including phenoxy) is 1. The van der Waals surface area contributed by atoms with Gasteiger partial charge in [0.05, 0.1) is 19.7 Å². The number of nitrogens with one attached hydrogen (secondary N) is 5. The number of carbonyl (C=O) groups is 3. The number of methoxy groups -OCH3 is 1. The number of fused-ring (bicyclic) bond motifs is 2. The Labute approximate surface area is 221 Å². The number of para-hydroxylation sites is 1. The van der Waals surface area contributed by atoms with Gasteiger partial charge in [-0.25, -0.2) is 10.2 Å². The zero-order valence-electron chi connectivity index (χ0n) is 21.6. The number of amides is 4. The van der Waals surface area contributed by atoms with Crippen molar-refractivity contribution in [3.05, 3.63) is 71.3 Å². The van der Waals surface area contributed by atoms with Crippen LogP contribution >= 0.6 is 0 Å². The lowest BCUT2D eigenvalue weighted by Gasteiger charge is -2.28. The van der Waals surface area contributed by atoms with Crippen LogP contribution in [-0.4, -0.2) is 44.1 Å². The molecular formula is C28H32N6O4. The van der Waals surface area contributed by atoms with Crippen molar-refractivity contribution < 1.29 is 19.1 Å². The molecule has 38 heavy (non-hydrogen) atoms. The molecule has 1 saturated heterocycles. The fourth-order valence-electron chi connectivity index (χ4n) is 5.03. The van der Waals surface area contributed by atoms with Gasteiger partial charge in [-0.15, -0.1) is 0 Å². The van der Waals surface area contributed by atoms with Crippen molar-refractivity contribution in [1.29, 1.82) is 0 Å². The second-order valence-electron chi connectivity index (χ2n) is 9.57. The molecular weight excluding hydrogens is 484 g/mol. The standard InChI is InChI=1S/C28H32N6O4/c1-16(29-2)26(35)30-22-12-9-17-6-4-5-7-23(17)34(27(22)36)15-21-20-11-8-19(25-31-28(37)33-32-25)14-18(20)10-13-24(21)38-3/h4-8,10-11,13-14,16,22,25,29,32H,9,12,15H2,1-3H3,(H,30,35)(H2,31,33,37)/t16-,22-,25?/m0/s1. The predicted octanol–water partition coefficient (Wildman–Crippen LogP) is 2.24. The molecule has 3 aromatic carbocycles. The quantitative estimate of drug-likeness (QED) is 0.328. The van der Waals surface area contributed by atoms with Gasteiger partial charge in [0, 0.05) is 11.3 Å². The van der Waals surface area contributed by atoms with Crippen LogP contribution in [-0.2, 0) is 22.6 Å². The van der Waals surface area contributed by atoms with Gasteiger partial charge in [0.1, 0.15) is 18.0 Å². The highest BCUT2D eigenvalue weighted by molar-refractivity contribution is 6.01. The fourth-order valence-corrected chi connectivity index (χ4v) is 5.03. The summed E-state index contributed by atoms with van der Waals surface area (Å²) < 4.78 is 5.74. The smallest absolute Gasteiger partial charge is 0.330 e. The zero-order valence-corrected chi connectivity index (χ0v) is 21.6. The minimum Gasteiger partial charge on any atom is -0.496 e. The lowest BCUT2D eigenvalue weighted by atomic mass is 9.99. The molecule has 0 spiro atoms. The molecule has 0 radical (unpaired) electrons. The van der Waals surface area contributed by atoms with Crippen molar-refractivity contribution in [2.24, 2.45) is 0 Å². The maximum Gasteiger partial charge on any atom is 0.330 e. The number of hydrazine groups is 1. The maximum absolute atomic E-state index is 13.9. The highest BCUT2D eigenvalue weighted by atomic mass is 16.5. The van der Waals surface area contributed by atoms with E-state index in [-0.39, 0.29) is 30.6 Å². The van der Waals surface area contributed by atoms with Gasteiger partial charge >= 0.3 is 6.03 Å². The molecule has 0 aromatic heterocycles. The normalized spacial score (nSPS) is 19.8. The topological polar surface area (TPSA) is 124 Å². The SMILES string of the molecule is CN[C@@H](C)C(=O)N[C@H]1CCc2ccccc2N(Cc2c(OC)ccc3cc(C4NNC(=O)N4)ccc23)C1=O. The lowest BCUT2D eigenvalue weighted by molar-refractivity contribution is -0.128. The van der Waals surface area contributed by atoms with E-state index < -0.39 is 12.1 Å². The van der Waals surface area contributed by atoms with Crippen LogP contribution in [0.15, 0.2) is 54.6 Å². The number of hydrogen-bond acceptors (Lipinski definition) is 6. The molecule has 5 N–H and O–H groups in total. The molecule has 2 heterocycles. The molecule has 5 rings (SSSR count). The molecule has 198 valence electrons. The molecule has 1 unspecified atom stereocenters. The van der Waals surface area contributed by atoms with E-state index in [1.807, 2.05) is 54.6 Å². The highest BCUT2D eigenvalue weighted by Crippen LogP contribution is 2.35. The zero-order chi connectivity index (χ0) is 26.8. The van der Waals surface area contributed by atoms with Crippen LogP contribution in [0.1, 0.15) is 36.2 Å². The number of nitrogens with zero attached hydrogens (tertiary/aromatic N) is 1. The summed E-state index contributed by atoms with van der Waals surface area (Å²) in [5, 5.41) is 10.6. The molecule has 0 aliphatic carbocycles. The third kappa shape index (κ3) is 4.88. The second kappa shape index (κ2) is 10.7. The van der Waals surface area contributed by atoms with Gasteiger partial charge < -0.3 is 25.6 Å². The first-order chi connectivity index (χ1) is 18.4. The number of hydrogen-bond donors (Lipinski definition) is 5. The van der Waals surface area contributed by atoms with E-state index in [0.717, 1.165) is 33.2 Å². The van der Waals surface area contributed by atoms with Crippen molar-refractivity contribution >= 4 is 34.3 Å². The summed E-state index contributed by atoms with van der Waals surface area (Å²) >= 11 is 0. The van der Waals surface area contributed by atoms with Crippen LogP contribution in [0, 0.1) is 0 Å². The number of carbonyl (C=O) groups excluding carboxylic acids is 3. The summed E-state index contributed by atoms with van der Waals surface area (Å²) in [6, 6.07) is 16.3. The van der Waals surface area contributed by atoms with Gasteiger partial charge in [0.2, 0.25) is 11.8 Å². The number of anilines is 1. The average Bonchev–Trinajstić information content (AvgIpc) is 3.33. The van der Waals surface area contributed by atoms with E-state index in [9.17, 15) is 14.4 Å². The van der Waals surface area contributed by atoms with Crippen LogP contribution in [0.5, 0.6) is 5.75 Å². The Morgan fingerprint density at radius 2 is 1.97 bits per heavy atom. The Morgan fingerprint density at radius 1 is 1.16 bits per heavy atom. The largest absolute Gasteiger partial charge is 0.496 e.